The maximum atomic E-state index is 13.3. The van der Waals surface area contributed by atoms with Crippen molar-refractivity contribution < 1.29 is 4.79 Å². The van der Waals surface area contributed by atoms with Gasteiger partial charge < -0.3 is 4.90 Å². The van der Waals surface area contributed by atoms with Crippen LogP contribution in [0.2, 0.25) is 0 Å². The highest BCUT2D eigenvalue weighted by Gasteiger charge is 2.35. The van der Waals surface area contributed by atoms with E-state index < -0.39 is 0 Å². The molecule has 0 saturated heterocycles. The van der Waals surface area contributed by atoms with E-state index >= 15 is 0 Å². The molecule has 4 aromatic rings. The lowest BCUT2D eigenvalue weighted by Crippen LogP contribution is -2.28. The Kier molecular flexibility index (Phi) is 5.68. The van der Waals surface area contributed by atoms with Gasteiger partial charge in [0.2, 0.25) is 10.3 Å². The Hall–Kier alpha value is -3.89. The number of anilines is 3. The van der Waals surface area contributed by atoms with Crippen LogP contribution in [-0.4, -0.2) is 41.4 Å². The predicted octanol–water partition coefficient (Wildman–Crippen LogP) is 4.55. The fourth-order valence-electron chi connectivity index (χ4n) is 3.22. The Morgan fingerprint density at radius 3 is 2.48 bits per heavy atom. The van der Waals surface area contributed by atoms with E-state index in [9.17, 15) is 4.79 Å². The molecule has 3 heterocycles. The van der Waals surface area contributed by atoms with Crippen molar-refractivity contribution in [2.24, 2.45) is 10.2 Å². The summed E-state index contributed by atoms with van der Waals surface area (Å²) in [5.74, 6) is -0.346. The molecule has 0 atom stereocenters. The van der Waals surface area contributed by atoms with E-state index in [1.54, 1.807) is 6.20 Å². The number of aromatic nitrogens is 2. The summed E-state index contributed by atoms with van der Waals surface area (Å²) in [4.78, 5) is 24.2. The number of nitrogens with one attached hydrogen (secondary N) is 1. The first-order valence-electron chi connectivity index (χ1n) is 10.1. The Labute approximate surface area is 198 Å². The zero-order valence-electron chi connectivity index (χ0n) is 17.8. The quantitative estimate of drug-likeness (QED) is 0.415. The number of thiazole rings is 2. The highest BCUT2D eigenvalue weighted by molar-refractivity contribution is 7.14. The Morgan fingerprint density at radius 1 is 1.00 bits per heavy atom. The van der Waals surface area contributed by atoms with E-state index in [2.05, 4.69) is 25.6 Å². The molecule has 33 heavy (non-hydrogen) atoms. The molecule has 0 bridgehead atoms. The summed E-state index contributed by atoms with van der Waals surface area (Å²) in [7, 11) is 4.00. The third-order valence-corrected chi connectivity index (χ3v) is 6.41. The molecule has 0 fully saturated rings. The van der Waals surface area contributed by atoms with Gasteiger partial charge in [-0.15, -0.1) is 22.7 Å². The second-order valence-electron chi connectivity index (χ2n) is 7.30. The fourth-order valence-corrected chi connectivity index (χ4v) is 4.47. The molecule has 10 heteroatoms. The molecule has 164 valence electrons. The van der Waals surface area contributed by atoms with Gasteiger partial charge in [-0.05, 0) is 12.1 Å². The van der Waals surface area contributed by atoms with Crippen molar-refractivity contribution in [3.63, 3.8) is 0 Å². The second-order valence-corrected chi connectivity index (χ2v) is 9.03. The molecule has 1 N–H and O–H groups in total. The van der Waals surface area contributed by atoms with Crippen LogP contribution < -0.4 is 15.3 Å². The van der Waals surface area contributed by atoms with Crippen LogP contribution >= 0.6 is 22.7 Å². The average Bonchev–Trinajstić information content (AvgIpc) is 3.59. The van der Waals surface area contributed by atoms with Crippen molar-refractivity contribution in [1.29, 1.82) is 0 Å². The molecule has 5 rings (SSSR count). The first-order chi connectivity index (χ1) is 16.1. The van der Waals surface area contributed by atoms with Crippen LogP contribution in [0.4, 0.5) is 16.0 Å². The molecule has 0 spiro atoms. The summed E-state index contributed by atoms with van der Waals surface area (Å²) in [6.45, 7) is 0. The number of hydrazone groups is 2. The molecule has 0 radical (unpaired) electrons. The Bertz CT molecular complexity index is 1330. The standard InChI is InChI=1S/C23H19N7OS2/c1-29(2)17-10-8-15(9-11-17)18-14-33-23(25-18)30-21(31)20(26-27-22-24-12-13-32-22)19(28-30)16-6-4-3-5-7-16/h3-14H,1-2H3,(H,24,27)/b26-20-. The van der Waals surface area contributed by atoms with Crippen LogP contribution in [0.5, 0.6) is 0 Å². The maximum absolute atomic E-state index is 13.3. The van der Waals surface area contributed by atoms with Gasteiger partial charge >= 0.3 is 5.91 Å². The van der Waals surface area contributed by atoms with Gasteiger partial charge in [0, 0.05) is 47.9 Å². The lowest BCUT2D eigenvalue weighted by Gasteiger charge is -2.12. The van der Waals surface area contributed by atoms with Gasteiger partial charge in [0.05, 0.1) is 5.69 Å². The minimum absolute atomic E-state index is 0.212. The average molecular weight is 474 g/mol. The molecule has 2 aromatic carbocycles. The van der Waals surface area contributed by atoms with Crippen LogP contribution in [0.3, 0.4) is 0 Å². The Morgan fingerprint density at radius 2 is 1.79 bits per heavy atom. The van der Waals surface area contributed by atoms with E-state index in [4.69, 9.17) is 0 Å². The minimum atomic E-state index is -0.346. The van der Waals surface area contributed by atoms with Crippen LogP contribution in [-0.2, 0) is 4.79 Å². The molecule has 1 aliphatic heterocycles. The fraction of sp³-hybridized carbons (Fsp3) is 0.0870. The lowest BCUT2D eigenvalue weighted by molar-refractivity contribution is -0.112. The van der Waals surface area contributed by atoms with E-state index in [-0.39, 0.29) is 11.6 Å². The molecule has 0 aliphatic carbocycles. The van der Waals surface area contributed by atoms with Gasteiger partial charge in [0.1, 0.15) is 5.71 Å². The Balaban J connectivity index is 1.47. The van der Waals surface area contributed by atoms with E-state index in [0.717, 1.165) is 22.5 Å². The summed E-state index contributed by atoms with van der Waals surface area (Å²) >= 11 is 2.76. The van der Waals surface area contributed by atoms with E-state index in [1.807, 2.05) is 84.4 Å². The van der Waals surface area contributed by atoms with Crippen LogP contribution in [0, 0.1) is 0 Å². The van der Waals surface area contributed by atoms with Gasteiger partial charge in [0.25, 0.3) is 0 Å². The third kappa shape index (κ3) is 4.26. The van der Waals surface area contributed by atoms with Crippen molar-refractivity contribution >= 4 is 56.0 Å². The maximum Gasteiger partial charge on any atom is 0.303 e. The largest absolute Gasteiger partial charge is 0.378 e. The van der Waals surface area contributed by atoms with Crippen molar-refractivity contribution in [2.45, 2.75) is 0 Å². The first-order valence-corrected chi connectivity index (χ1v) is 11.8. The number of nitrogens with zero attached hydrogens (tertiary/aromatic N) is 6. The molecular formula is C23H19N7OS2. The number of rotatable bonds is 6. The number of benzene rings is 2. The SMILES string of the molecule is CN(C)c1ccc(-c2csc(N3N=C(c4ccccc4)/C(=N/Nc4nccs4)C3=O)n2)cc1. The highest BCUT2D eigenvalue weighted by Crippen LogP contribution is 2.31. The number of carbonyl (C=O) groups excluding carboxylic acids is 1. The predicted molar refractivity (Wildman–Crippen MR) is 136 cm³/mol. The van der Waals surface area contributed by atoms with Crippen molar-refractivity contribution in [2.75, 3.05) is 29.4 Å². The van der Waals surface area contributed by atoms with Crippen LogP contribution in [0.15, 0.2) is 81.8 Å². The molecule has 1 aliphatic rings. The summed E-state index contributed by atoms with van der Waals surface area (Å²) in [5.41, 5.74) is 7.22. The smallest absolute Gasteiger partial charge is 0.303 e. The monoisotopic (exact) mass is 473 g/mol. The molecular weight excluding hydrogens is 454 g/mol. The van der Waals surface area contributed by atoms with Gasteiger partial charge in [-0.2, -0.15) is 15.2 Å². The molecule has 8 nitrogen and oxygen atoms in total. The second kappa shape index (κ2) is 8.93. The number of hydrogen-bond acceptors (Lipinski definition) is 9. The zero-order valence-corrected chi connectivity index (χ0v) is 19.5. The topological polar surface area (TPSA) is 86.1 Å². The van der Waals surface area contributed by atoms with E-state index in [1.165, 1.54) is 27.7 Å². The number of carbonyl (C=O) groups is 1. The molecule has 1 amide bonds. The first kappa shape index (κ1) is 21.0. The highest BCUT2D eigenvalue weighted by atomic mass is 32.1. The molecule has 2 aromatic heterocycles. The van der Waals surface area contributed by atoms with Gasteiger partial charge in [-0.1, -0.05) is 42.5 Å². The third-order valence-electron chi connectivity index (χ3n) is 4.91. The van der Waals surface area contributed by atoms with Crippen LogP contribution in [0.25, 0.3) is 11.3 Å². The van der Waals surface area contributed by atoms with Crippen molar-refractivity contribution in [1.82, 2.24) is 9.97 Å². The summed E-state index contributed by atoms with van der Waals surface area (Å²) in [6.07, 6.45) is 1.67. The normalized spacial score (nSPS) is 14.6. The van der Waals surface area contributed by atoms with E-state index in [0.29, 0.717) is 16.0 Å². The van der Waals surface area contributed by atoms with Gasteiger partial charge in [0.15, 0.2) is 5.71 Å². The summed E-state index contributed by atoms with van der Waals surface area (Å²) in [5, 5.41) is 15.1. The van der Waals surface area contributed by atoms with Gasteiger partial charge in [-0.3, -0.25) is 10.2 Å². The van der Waals surface area contributed by atoms with Crippen molar-refractivity contribution in [3.8, 4) is 11.3 Å². The zero-order chi connectivity index (χ0) is 22.8. The molecule has 0 unspecified atom stereocenters. The minimum Gasteiger partial charge on any atom is -0.378 e. The summed E-state index contributed by atoms with van der Waals surface area (Å²) in [6, 6.07) is 17.6. The number of amides is 1. The number of hydrogen-bond donors (Lipinski definition) is 1. The summed E-state index contributed by atoms with van der Waals surface area (Å²) < 4.78 is 0. The van der Waals surface area contributed by atoms with Crippen LogP contribution in [0.1, 0.15) is 5.56 Å². The van der Waals surface area contributed by atoms with Crippen molar-refractivity contribution in [3.05, 3.63) is 77.1 Å². The molecule has 0 saturated carbocycles. The van der Waals surface area contributed by atoms with Gasteiger partial charge in [-0.25, -0.2) is 9.97 Å². The lowest BCUT2D eigenvalue weighted by atomic mass is 10.1.